The third-order valence-electron chi connectivity index (χ3n) is 11.8. The van der Waals surface area contributed by atoms with Crippen molar-refractivity contribution in [1.29, 1.82) is 0 Å². The fourth-order valence-electron chi connectivity index (χ4n) is 8.32. The van der Waals surface area contributed by atoms with Gasteiger partial charge < -0.3 is 10.6 Å². The van der Waals surface area contributed by atoms with Crippen LogP contribution in [0.25, 0.3) is 32.3 Å². The number of hydrogen-bond donors (Lipinski definition) is 2. The molecule has 5 aliphatic rings. The quantitative estimate of drug-likeness (QED) is 0.194. The molecule has 0 saturated carbocycles. The first-order valence-electron chi connectivity index (χ1n) is 16.9. The number of fused-ring (bicyclic) bond motifs is 13. The van der Waals surface area contributed by atoms with E-state index in [-0.39, 0.29) is 11.5 Å². The number of allylic oxidation sites excluding steroid dienone is 7. The van der Waals surface area contributed by atoms with Crippen LogP contribution in [-0.4, -0.2) is 17.5 Å². The normalized spacial score (nSPS) is 26.3. The average molecular weight is 613 g/mol. The Hall–Kier alpha value is -4.96. The van der Waals surface area contributed by atoms with E-state index in [1.165, 1.54) is 77.0 Å². The van der Waals surface area contributed by atoms with Crippen molar-refractivity contribution in [3.8, 4) is 0 Å². The number of benzene rings is 4. The molecule has 47 heavy (non-hydrogen) atoms. The second-order valence-electron chi connectivity index (χ2n) is 14.6. The lowest BCUT2D eigenvalue weighted by Crippen LogP contribution is -2.25. The molecular formula is C43H40N4. The van der Waals surface area contributed by atoms with E-state index in [0.29, 0.717) is 5.92 Å². The maximum absolute atomic E-state index is 5.55. The Balaban J connectivity index is 1.45. The van der Waals surface area contributed by atoms with Crippen molar-refractivity contribution >= 4 is 49.4 Å². The topological polar surface area (TPSA) is 48.8 Å². The van der Waals surface area contributed by atoms with Crippen molar-refractivity contribution in [3.05, 3.63) is 135 Å². The van der Waals surface area contributed by atoms with Gasteiger partial charge in [-0.05, 0) is 119 Å². The molecule has 5 aliphatic heterocycles. The highest BCUT2D eigenvalue weighted by molar-refractivity contribution is 6.35. The average Bonchev–Trinajstić information content (AvgIpc) is 3.69. The van der Waals surface area contributed by atoms with Crippen LogP contribution in [0, 0.1) is 5.92 Å². The van der Waals surface area contributed by atoms with E-state index in [1.54, 1.807) is 0 Å². The van der Waals surface area contributed by atoms with E-state index < -0.39 is 0 Å². The summed E-state index contributed by atoms with van der Waals surface area (Å²) in [6.45, 7) is 18.2. The predicted octanol–water partition coefficient (Wildman–Crippen LogP) is 10.3. The minimum Gasteiger partial charge on any atom is -0.378 e. The molecule has 0 aliphatic carbocycles. The van der Waals surface area contributed by atoms with Gasteiger partial charge in [0.1, 0.15) is 0 Å². The predicted molar refractivity (Wildman–Crippen MR) is 199 cm³/mol. The lowest BCUT2D eigenvalue weighted by molar-refractivity contribution is 0.582. The van der Waals surface area contributed by atoms with E-state index in [4.69, 9.17) is 9.98 Å². The van der Waals surface area contributed by atoms with Gasteiger partial charge in [0, 0.05) is 33.7 Å². The Labute approximate surface area is 276 Å². The molecule has 4 heteroatoms. The highest BCUT2D eigenvalue weighted by atomic mass is 15.0. The molecule has 2 unspecified atom stereocenters. The summed E-state index contributed by atoms with van der Waals surface area (Å²) in [5.41, 5.74) is 16.2. The first-order chi connectivity index (χ1) is 22.5. The first kappa shape index (κ1) is 28.3. The smallest absolute Gasteiger partial charge is 0.0769 e. The molecule has 232 valence electrons. The molecule has 4 aromatic carbocycles. The van der Waals surface area contributed by atoms with Crippen molar-refractivity contribution in [2.24, 2.45) is 15.9 Å². The van der Waals surface area contributed by atoms with Crippen LogP contribution < -0.4 is 10.6 Å². The number of nitrogens with one attached hydrogen (secondary N) is 2. The van der Waals surface area contributed by atoms with Crippen molar-refractivity contribution < 1.29 is 0 Å². The third-order valence-corrected chi connectivity index (χ3v) is 11.8. The molecule has 5 heterocycles. The summed E-state index contributed by atoms with van der Waals surface area (Å²) in [6, 6.07) is 20.4. The zero-order valence-corrected chi connectivity index (χ0v) is 28.5. The minimum atomic E-state index is -0.276. The number of hydrogen-bond acceptors (Lipinski definition) is 4. The van der Waals surface area contributed by atoms with Crippen LogP contribution in [0.3, 0.4) is 0 Å². The summed E-state index contributed by atoms with van der Waals surface area (Å²) in [5, 5.41) is 15.5. The summed E-state index contributed by atoms with van der Waals surface area (Å²) in [6.07, 6.45) is 6.90. The maximum atomic E-state index is 5.55. The lowest BCUT2D eigenvalue weighted by atomic mass is 9.79. The third kappa shape index (κ3) is 3.76. The Bertz CT molecular complexity index is 2430. The standard InChI is InChI=1S/C43H40N4/c1-21-22(2)35-19-36-25(5)26(6)41(46-36)40-39-30-16-12-11-14-28(30)27-13-9-10-15-29(27)31(39)17-32-42(40)47-38(43(32,7)8)20-37-24(4)23(3)34(45-37)18-33(21)44-35/h9-20,22,35,44,47H,1-8H3/b34-18-,36-19-,38-20-. The summed E-state index contributed by atoms with van der Waals surface area (Å²) < 4.78 is 0. The zero-order valence-electron chi connectivity index (χ0n) is 28.5. The Morgan fingerprint density at radius 2 is 1.34 bits per heavy atom. The van der Waals surface area contributed by atoms with Crippen molar-refractivity contribution in [2.75, 3.05) is 5.32 Å². The Kier molecular flexibility index (Phi) is 5.74. The van der Waals surface area contributed by atoms with Crippen molar-refractivity contribution in [3.63, 3.8) is 0 Å². The molecule has 0 spiro atoms. The fraction of sp³-hybridized carbons (Fsp3) is 0.256. The van der Waals surface area contributed by atoms with Gasteiger partial charge in [0.25, 0.3) is 0 Å². The van der Waals surface area contributed by atoms with Crippen molar-refractivity contribution in [2.45, 2.75) is 66.8 Å². The molecule has 0 fully saturated rings. The van der Waals surface area contributed by atoms with E-state index in [9.17, 15) is 0 Å². The van der Waals surface area contributed by atoms with Gasteiger partial charge in [-0.3, -0.25) is 0 Å². The van der Waals surface area contributed by atoms with Gasteiger partial charge >= 0.3 is 0 Å². The monoisotopic (exact) mass is 612 g/mol. The minimum absolute atomic E-state index is 0.150. The van der Waals surface area contributed by atoms with Crippen molar-refractivity contribution in [1.82, 2.24) is 5.32 Å². The van der Waals surface area contributed by atoms with Crippen LogP contribution in [0.1, 0.15) is 66.5 Å². The SMILES string of the molecule is CC1=C(C)/C2=C/C3=C(C)C(C)C(/C=C4\N=C(C(C)=C4C)c4c5c(cc6c7ccccc7c7ccccc7c46)C(C)(C)/C(=C/C1=N2)N5)N3. The summed E-state index contributed by atoms with van der Waals surface area (Å²) >= 11 is 0. The van der Waals surface area contributed by atoms with Gasteiger partial charge in [-0.25, -0.2) is 9.98 Å². The van der Waals surface area contributed by atoms with E-state index in [2.05, 4.69) is 139 Å². The number of nitrogens with zero attached hydrogens (tertiary/aromatic N) is 2. The molecule has 0 radical (unpaired) electrons. The van der Waals surface area contributed by atoms with Crippen LogP contribution >= 0.6 is 0 Å². The van der Waals surface area contributed by atoms with Gasteiger partial charge in [0.05, 0.1) is 34.5 Å². The Morgan fingerprint density at radius 1 is 0.702 bits per heavy atom. The van der Waals surface area contributed by atoms with Gasteiger partial charge in [-0.1, -0.05) is 69.3 Å². The molecule has 9 rings (SSSR count). The molecule has 4 aromatic rings. The van der Waals surface area contributed by atoms with Crippen LogP contribution in [0.5, 0.6) is 0 Å². The van der Waals surface area contributed by atoms with E-state index in [0.717, 1.165) is 34.2 Å². The van der Waals surface area contributed by atoms with E-state index in [1.807, 2.05) is 0 Å². The van der Waals surface area contributed by atoms with Gasteiger partial charge in [-0.2, -0.15) is 0 Å². The lowest BCUT2D eigenvalue weighted by Gasteiger charge is -2.22. The molecule has 2 atom stereocenters. The van der Waals surface area contributed by atoms with Crippen LogP contribution in [0.2, 0.25) is 0 Å². The first-order valence-corrected chi connectivity index (χ1v) is 16.9. The molecule has 4 nitrogen and oxygen atoms in total. The number of anilines is 1. The zero-order chi connectivity index (χ0) is 32.5. The van der Waals surface area contributed by atoms with Crippen LogP contribution in [0.4, 0.5) is 5.69 Å². The molecule has 0 aromatic heterocycles. The molecule has 0 amide bonds. The molecule has 0 saturated heterocycles. The number of aliphatic imine (C=N–C) groups is 2. The second-order valence-corrected chi connectivity index (χ2v) is 14.6. The van der Waals surface area contributed by atoms with E-state index >= 15 is 0 Å². The maximum Gasteiger partial charge on any atom is 0.0769 e. The molecule has 8 bridgehead atoms. The summed E-state index contributed by atoms with van der Waals surface area (Å²) in [7, 11) is 0. The molecule has 2 N–H and O–H groups in total. The highest BCUT2D eigenvalue weighted by Gasteiger charge is 2.40. The molecular weight excluding hydrogens is 573 g/mol. The second kappa shape index (κ2) is 9.54. The summed E-state index contributed by atoms with van der Waals surface area (Å²) in [4.78, 5) is 10.8. The number of rotatable bonds is 0. The van der Waals surface area contributed by atoms with Gasteiger partial charge in [-0.15, -0.1) is 0 Å². The van der Waals surface area contributed by atoms with Gasteiger partial charge in [0.2, 0.25) is 0 Å². The fourth-order valence-corrected chi connectivity index (χ4v) is 8.32. The largest absolute Gasteiger partial charge is 0.378 e. The summed E-state index contributed by atoms with van der Waals surface area (Å²) in [5.74, 6) is 0.343. The van der Waals surface area contributed by atoms with Gasteiger partial charge in [0.15, 0.2) is 0 Å². The Morgan fingerprint density at radius 3 is 2.06 bits per heavy atom. The highest BCUT2D eigenvalue weighted by Crippen LogP contribution is 2.52. The van der Waals surface area contributed by atoms with Crippen LogP contribution in [0.15, 0.2) is 133 Å². The van der Waals surface area contributed by atoms with Crippen LogP contribution in [-0.2, 0) is 5.41 Å².